The Morgan fingerprint density at radius 1 is 1.55 bits per heavy atom. The number of aromatic nitrogens is 2. The highest BCUT2D eigenvalue weighted by atomic mass is 16.5. The average Bonchev–Trinajstić information content (AvgIpc) is 2.31. The number of hydrogen-bond acceptors (Lipinski definition) is 4. The van der Waals surface area contributed by atoms with Gasteiger partial charge in [0.2, 0.25) is 5.89 Å². The Labute approximate surface area is 66.0 Å². The summed E-state index contributed by atoms with van der Waals surface area (Å²) >= 11 is 0. The summed E-state index contributed by atoms with van der Waals surface area (Å²) in [6.45, 7) is 6.61. The normalized spacial score (nSPS) is 10.9. The van der Waals surface area contributed by atoms with E-state index in [9.17, 15) is 0 Å². The highest BCUT2D eigenvalue weighted by Crippen LogP contribution is 1.94. The lowest BCUT2D eigenvalue weighted by molar-refractivity contribution is 0.384. The zero-order valence-corrected chi connectivity index (χ0v) is 7.09. The van der Waals surface area contributed by atoms with Crippen LogP contribution >= 0.6 is 0 Å². The molecule has 62 valence electrons. The number of aryl methyl sites for hydroxylation is 1. The first-order chi connectivity index (χ1) is 5.18. The second-order valence-electron chi connectivity index (χ2n) is 2.77. The lowest BCUT2D eigenvalue weighted by Gasteiger charge is -2.02. The number of hydrogen-bond donors (Lipinski definition) is 1. The van der Waals surface area contributed by atoms with Crippen LogP contribution < -0.4 is 5.32 Å². The second kappa shape index (κ2) is 3.48. The highest BCUT2D eigenvalue weighted by molar-refractivity contribution is 4.83. The molecule has 0 aliphatic heterocycles. The van der Waals surface area contributed by atoms with Crippen LogP contribution in [0.15, 0.2) is 4.52 Å². The maximum atomic E-state index is 4.80. The SMILES string of the molecule is Cc1nc(CNC(C)C)no1. The Morgan fingerprint density at radius 3 is 2.73 bits per heavy atom. The number of rotatable bonds is 3. The van der Waals surface area contributed by atoms with Crippen LogP contribution in [0.25, 0.3) is 0 Å². The third-order valence-corrected chi connectivity index (χ3v) is 1.24. The van der Waals surface area contributed by atoms with Crippen molar-refractivity contribution >= 4 is 0 Å². The summed E-state index contributed by atoms with van der Waals surface area (Å²) in [5, 5.41) is 6.93. The van der Waals surface area contributed by atoms with Crippen LogP contribution in [-0.4, -0.2) is 16.2 Å². The molecule has 0 amide bonds. The fourth-order valence-electron chi connectivity index (χ4n) is 0.709. The summed E-state index contributed by atoms with van der Waals surface area (Å²) in [6.07, 6.45) is 0. The summed E-state index contributed by atoms with van der Waals surface area (Å²) < 4.78 is 4.80. The first-order valence-electron chi connectivity index (χ1n) is 3.71. The van der Waals surface area contributed by atoms with Crippen LogP contribution in [0.4, 0.5) is 0 Å². The van der Waals surface area contributed by atoms with E-state index in [0.29, 0.717) is 18.5 Å². The van der Waals surface area contributed by atoms with E-state index in [-0.39, 0.29) is 0 Å². The Morgan fingerprint density at radius 2 is 2.27 bits per heavy atom. The van der Waals surface area contributed by atoms with E-state index < -0.39 is 0 Å². The predicted molar refractivity (Wildman–Crippen MR) is 41.0 cm³/mol. The lowest BCUT2D eigenvalue weighted by atomic mass is 10.4. The predicted octanol–water partition coefficient (Wildman–Crippen LogP) is 0.876. The number of nitrogens with zero attached hydrogens (tertiary/aromatic N) is 2. The fourth-order valence-corrected chi connectivity index (χ4v) is 0.709. The van der Waals surface area contributed by atoms with E-state index in [1.54, 1.807) is 6.92 Å². The summed E-state index contributed by atoms with van der Waals surface area (Å²) in [5.41, 5.74) is 0. The molecule has 11 heavy (non-hydrogen) atoms. The van der Waals surface area contributed by atoms with Gasteiger partial charge in [-0.25, -0.2) is 0 Å². The smallest absolute Gasteiger partial charge is 0.223 e. The van der Waals surface area contributed by atoms with Crippen molar-refractivity contribution in [2.75, 3.05) is 0 Å². The van der Waals surface area contributed by atoms with E-state index in [1.165, 1.54) is 0 Å². The molecule has 1 aromatic rings. The molecule has 1 aromatic heterocycles. The van der Waals surface area contributed by atoms with E-state index in [4.69, 9.17) is 4.52 Å². The number of nitrogens with one attached hydrogen (secondary N) is 1. The largest absolute Gasteiger partial charge is 0.340 e. The van der Waals surface area contributed by atoms with Crippen molar-refractivity contribution in [3.8, 4) is 0 Å². The molecule has 0 aliphatic carbocycles. The van der Waals surface area contributed by atoms with E-state index in [2.05, 4.69) is 29.3 Å². The average molecular weight is 155 g/mol. The highest BCUT2D eigenvalue weighted by Gasteiger charge is 2.01. The van der Waals surface area contributed by atoms with Gasteiger partial charge < -0.3 is 9.84 Å². The molecule has 0 aromatic carbocycles. The van der Waals surface area contributed by atoms with E-state index >= 15 is 0 Å². The van der Waals surface area contributed by atoms with Gasteiger partial charge in [-0.2, -0.15) is 4.98 Å². The van der Waals surface area contributed by atoms with Crippen molar-refractivity contribution in [2.24, 2.45) is 0 Å². The summed E-state index contributed by atoms with van der Waals surface area (Å²) in [6, 6.07) is 0.453. The van der Waals surface area contributed by atoms with Gasteiger partial charge in [-0.15, -0.1) is 0 Å². The van der Waals surface area contributed by atoms with Gasteiger partial charge in [0, 0.05) is 13.0 Å². The van der Waals surface area contributed by atoms with Gasteiger partial charge in [0.1, 0.15) is 0 Å². The van der Waals surface area contributed by atoms with Crippen LogP contribution in [0, 0.1) is 6.92 Å². The lowest BCUT2D eigenvalue weighted by Crippen LogP contribution is -2.22. The summed E-state index contributed by atoms with van der Waals surface area (Å²) in [5.74, 6) is 1.33. The van der Waals surface area contributed by atoms with Gasteiger partial charge in [0.15, 0.2) is 5.82 Å². The molecule has 4 heteroatoms. The van der Waals surface area contributed by atoms with Crippen molar-refractivity contribution in [1.82, 2.24) is 15.5 Å². The molecular formula is C7H13N3O. The van der Waals surface area contributed by atoms with Crippen LogP contribution in [0.5, 0.6) is 0 Å². The molecule has 1 N–H and O–H groups in total. The van der Waals surface area contributed by atoms with Gasteiger partial charge >= 0.3 is 0 Å². The molecule has 0 atom stereocenters. The van der Waals surface area contributed by atoms with Crippen molar-refractivity contribution in [3.05, 3.63) is 11.7 Å². The van der Waals surface area contributed by atoms with Crippen molar-refractivity contribution in [1.29, 1.82) is 0 Å². The third kappa shape index (κ3) is 2.67. The van der Waals surface area contributed by atoms with Crippen LogP contribution in [0.1, 0.15) is 25.6 Å². The maximum absolute atomic E-state index is 4.80. The van der Waals surface area contributed by atoms with Crippen LogP contribution in [0.3, 0.4) is 0 Å². The Bertz CT molecular complexity index is 219. The van der Waals surface area contributed by atoms with Crippen molar-refractivity contribution in [3.63, 3.8) is 0 Å². The monoisotopic (exact) mass is 155 g/mol. The Kier molecular flexibility index (Phi) is 2.59. The molecule has 0 aliphatic rings. The molecule has 0 saturated carbocycles. The van der Waals surface area contributed by atoms with E-state index in [1.807, 2.05) is 0 Å². The first-order valence-corrected chi connectivity index (χ1v) is 3.71. The third-order valence-electron chi connectivity index (χ3n) is 1.24. The molecule has 0 spiro atoms. The standard InChI is InChI=1S/C7H13N3O/c1-5(2)8-4-7-9-6(3)11-10-7/h5,8H,4H2,1-3H3. The van der Waals surface area contributed by atoms with Gasteiger partial charge in [-0.05, 0) is 0 Å². The second-order valence-corrected chi connectivity index (χ2v) is 2.77. The Hall–Kier alpha value is -0.900. The minimum Gasteiger partial charge on any atom is -0.340 e. The van der Waals surface area contributed by atoms with Gasteiger partial charge in [0.05, 0.1) is 6.54 Å². The van der Waals surface area contributed by atoms with Gasteiger partial charge in [-0.3, -0.25) is 0 Å². The summed E-state index contributed by atoms with van der Waals surface area (Å²) in [4.78, 5) is 4.04. The zero-order valence-electron chi connectivity index (χ0n) is 7.09. The van der Waals surface area contributed by atoms with Crippen molar-refractivity contribution in [2.45, 2.75) is 33.4 Å². The molecule has 1 heterocycles. The molecule has 1 rings (SSSR count). The van der Waals surface area contributed by atoms with Crippen molar-refractivity contribution < 1.29 is 4.52 Å². The topological polar surface area (TPSA) is 51.0 Å². The fraction of sp³-hybridized carbons (Fsp3) is 0.714. The zero-order chi connectivity index (χ0) is 8.27. The minimum atomic E-state index is 0.453. The molecule has 0 bridgehead atoms. The molecular weight excluding hydrogens is 142 g/mol. The quantitative estimate of drug-likeness (QED) is 0.703. The van der Waals surface area contributed by atoms with Gasteiger partial charge in [0.25, 0.3) is 0 Å². The maximum Gasteiger partial charge on any atom is 0.223 e. The molecule has 0 saturated heterocycles. The van der Waals surface area contributed by atoms with Crippen LogP contribution in [-0.2, 0) is 6.54 Å². The van der Waals surface area contributed by atoms with E-state index in [0.717, 1.165) is 5.82 Å². The molecule has 0 unspecified atom stereocenters. The van der Waals surface area contributed by atoms with Crippen LogP contribution in [0.2, 0.25) is 0 Å². The minimum absolute atomic E-state index is 0.453. The molecule has 4 nitrogen and oxygen atoms in total. The first kappa shape index (κ1) is 8.20. The molecule has 0 fully saturated rings. The summed E-state index contributed by atoms with van der Waals surface area (Å²) in [7, 11) is 0. The van der Waals surface area contributed by atoms with Gasteiger partial charge in [-0.1, -0.05) is 19.0 Å². The Balaban J connectivity index is 2.39. The molecule has 0 radical (unpaired) electrons.